The van der Waals surface area contributed by atoms with Crippen LogP contribution >= 0.6 is 0 Å². The van der Waals surface area contributed by atoms with Crippen molar-refractivity contribution in [3.8, 4) is 0 Å². The molecule has 1 heterocycles. The Morgan fingerprint density at radius 3 is 2.75 bits per heavy atom. The molecule has 1 aromatic rings. The number of nitrogens with zero attached hydrogens (tertiary/aromatic N) is 1. The summed E-state index contributed by atoms with van der Waals surface area (Å²) in [5.41, 5.74) is 1.05. The summed E-state index contributed by atoms with van der Waals surface area (Å²) in [6.07, 6.45) is -0.0946. The SMILES string of the molecule is CC(O)(O)NC[C@H]1CN(Cc2ccc(F)cc2)CCO1. The van der Waals surface area contributed by atoms with Crippen LogP contribution in [0.3, 0.4) is 0 Å². The van der Waals surface area contributed by atoms with Crippen LogP contribution in [0.1, 0.15) is 12.5 Å². The van der Waals surface area contributed by atoms with E-state index in [2.05, 4.69) is 10.2 Å². The summed E-state index contributed by atoms with van der Waals surface area (Å²) in [6, 6.07) is 6.46. The first kappa shape index (κ1) is 15.3. The van der Waals surface area contributed by atoms with E-state index >= 15 is 0 Å². The molecular formula is C14H21FN2O3. The number of aliphatic hydroxyl groups is 2. The fourth-order valence-electron chi connectivity index (χ4n) is 2.20. The van der Waals surface area contributed by atoms with Crippen molar-refractivity contribution >= 4 is 0 Å². The molecule has 5 nitrogen and oxygen atoms in total. The Morgan fingerprint density at radius 1 is 1.40 bits per heavy atom. The summed E-state index contributed by atoms with van der Waals surface area (Å²) in [7, 11) is 0. The molecule has 20 heavy (non-hydrogen) atoms. The maximum absolute atomic E-state index is 12.9. The summed E-state index contributed by atoms with van der Waals surface area (Å²) in [5.74, 6) is -2.12. The first-order valence-electron chi connectivity index (χ1n) is 6.70. The molecule has 2 rings (SSSR count). The number of benzene rings is 1. The van der Waals surface area contributed by atoms with Crippen molar-refractivity contribution in [1.29, 1.82) is 0 Å². The highest BCUT2D eigenvalue weighted by Crippen LogP contribution is 2.11. The van der Waals surface area contributed by atoms with E-state index in [1.54, 1.807) is 12.1 Å². The molecule has 1 atom stereocenters. The quantitative estimate of drug-likeness (QED) is 0.678. The van der Waals surface area contributed by atoms with Crippen molar-refractivity contribution < 1.29 is 19.3 Å². The summed E-state index contributed by atoms with van der Waals surface area (Å²) in [4.78, 5) is 2.20. The lowest BCUT2D eigenvalue weighted by molar-refractivity contribution is -0.176. The smallest absolute Gasteiger partial charge is 0.219 e. The summed E-state index contributed by atoms with van der Waals surface area (Å²) >= 11 is 0. The first-order chi connectivity index (χ1) is 9.42. The van der Waals surface area contributed by atoms with Crippen LogP contribution in [0.25, 0.3) is 0 Å². The maximum atomic E-state index is 12.9. The second-order valence-electron chi connectivity index (χ2n) is 5.26. The van der Waals surface area contributed by atoms with E-state index in [1.807, 2.05) is 0 Å². The van der Waals surface area contributed by atoms with Gasteiger partial charge in [-0.2, -0.15) is 0 Å². The van der Waals surface area contributed by atoms with Gasteiger partial charge in [-0.25, -0.2) is 4.39 Å². The second kappa shape index (κ2) is 6.60. The van der Waals surface area contributed by atoms with Crippen molar-refractivity contribution in [2.75, 3.05) is 26.2 Å². The van der Waals surface area contributed by atoms with Gasteiger partial charge in [0.05, 0.1) is 12.7 Å². The molecule has 3 N–H and O–H groups in total. The third-order valence-electron chi connectivity index (χ3n) is 3.21. The topological polar surface area (TPSA) is 65.0 Å². The number of halogens is 1. The monoisotopic (exact) mass is 284 g/mol. The lowest BCUT2D eigenvalue weighted by Crippen LogP contribution is -2.51. The molecule has 6 heteroatoms. The summed E-state index contributed by atoms with van der Waals surface area (Å²) < 4.78 is 18.4. The van der Waals surface area contributed by atoms with Crippen LogP contribution < -0.4 is 5.32 Å². The van der Waals surface area contributed by atoms with E-state index in [4.69, 9.17) is 4.74 Å². The normalized spacial score (nSPS) is 21.1. The highest BCUT2D eigenvalue weighted by Gasteiger charge is 2.23. The first-order valence-corrected chi connectivity index (χ1v) is 6.70. The molecular weight excluding hydrogens is 263 g/mol. The molecule has 1 fully saturated rings. The van der Waals surface area contributed by atoms with E-state index in [9.17, 15) is 14.6 Å². The van der Waals surface area contributed by atoms with E-state index in [0.29, 0.717) is 19.7 Å². The molecule has 0 spiro atoms. The van der Waals surface area contributed by atoms with Gasteiger partial charge in [0, 0.05) is 33.1 Å². The molecule has 0 radical (unpaired) electrons. The minimum absolute atomic E-state index is 0.0946. The third kappa shape index (κ3) is 5.15. The Morgan fingerprint density at radius 2 is 2.10 bits per heavy atom. The Kier molecular flexibility index (Phi) is 5.06. The maximum Gasteiger partial charge on any atom is 0.219 e. The number of rotatable bonds is 5. The van der Waals surface area contributed by atoms with Gasteiger partial charge in [-0.05, 0) is 17.7 Å². The molecule has 0 unspecified atom stereocenters. The van der Waals surface area contributed by atoms with Crippen LogP contribution in [-0.2, 0) is 11.3 Å². The predicted octanol–water partition coefficient (Wildman–Crippen LogP) is 0.274. The van der Waals surface area contributed by atoms with Crippen LogP contribution in [-0.4, -0.2) is 53.4 Å². The van der Waals surface area contributed by atoms with Crippen LogP contribution in [0.5, 0.6) is 0 Å². The Balaban J connectivity index is 1.82. The van der Waals surface area contributed by atoms with Gasteiger partial charge in [0.15, 0.2) is 0 Å². The molecule has 1 saturated heterocycles. The molecule has 1 aromatic carbocycles. The molecule has 1 aliphatic heterocycles. The molecule has 0 saturated carbocycles. The molecule has 0 aromatic heterocycles. The zero-order valence-corrected chi connectivity index (χ0v) is 11.6. The highest BCUT2D eigenvalue weighted by atomic mass is 19.1. The summed E-state index contributed by atoms with van der Waals surface area (Å²) in [6.45, 7) is 4.47. The largest absolute Gasteiger partial charge is 0.374 e. The molecule has 0 amide bonds. The molecule has 0 aliphatic carbocycles. The fourth-order valence-corrected chi connectivity index (χ4v) is 2.20. The van der Waals surface area contributed by atoms with Gasteiger partial charge in [-0.15, -0.1) is 0 Å². The van der Waals surface area contributed by atoms with Crippen molar-refractivity contribution in [3.63, 3.8) is 0 Å². The van der Waals surface area contributed by atoms with Crippen LogP contribution in [0, 0.1) is 5.82 Å². The Hall–Kier alpha value is -1.05. The lowest BCUT2D eigenvalue weighted by Gasteiger charge is -2.34. The van der Waals surface area contributed by atoms with Crippen molar-refractivity contribution in [2.45, 2.75) is 25.5 Å². The van der Waals surface area contributed by atoms with Crippen LogP contribution in [0.15, 0.2) is 24.3 Å². The average molecular weight is 284 g/mol. The Labute approximate surface area is 118 Å². The molecule has 112 valence electrons. The Bertz CT molecular complexity index is 419. The number of hydrogen-bond donors (Lipinski definition) is 3. The van der Waals surface area contributed by atoms with Crippen molar-refractivity contribution in [3.05, 3.63) is 35.6 Å². The van der Waals surface area contributed by atoms with Crippen LogP contribution in [0.2, 0.25) is 0 Å². The van der Waals surface area contributed by atoms with Crippen molar-refractivity contribution in [2.24, 2.45) is 0 Å². The number of ether oxygens (including phenoxy) is 1. The number of morpholine rings is 1. The van der Waals surface area contributed by atoms with Gasteiger partial charge in [0.1, 0.15) is 5.82 Å². The van der Waals surface area contributed by atoms with E-state index in [-0.39, 0.29) is 11.9 Å². The molecule has 0 bridgehead atoms. The zero-order valence-electron chi connectivity index (χ0n) is 11.6. The van der Waals surface area contributed by atoms with Gasteiger partial charge >= 0.3 is 0 Å². The van der Waals surface area contributed by atoms with E-state index in [0.717, 1.165) is 18.7 Å². The van der Waals surface area contributed by atoms with Gasteiger partial charge in [-0.3, -0.25) is 10.2 Å². The van der Waals surface area contributed by atoms with Gasteiger partial charge in [-0.1, -0.05) is 12.1 Å². The minimum Gasteiger partial charge on any atom is -0.374 e. The van der Waals surface area contributed by atoms with E-state index < -0.39 is 5.91 Å². The highest BCUT2D eigenvalue weighted by molar-refractivity contribution is 5.15. The minimum atomic E-state index is -1.89. The standard InChI is InChI=1S/C14H21FN2O3/c1-14(18,19)16-8-13-10-17(6-7-20-13)9-11-2-4-12(15)5-3-11/h2-5,13,16,18-19H,6-10H2,1H3/t13-/m0/s1. The van der Waals surface area contributed by atoms with Crippen LogP contribution in [0.4, 0.5) is 4.39 Å². The number of hydrogen-bond acceptors (Lipinski definition) is 5. The van der Waals surface area contributed by atoms with Gasteiger partial charge < -0.3 is 14.9 Å². The average Bonchev–Trinajstić information content (AvgIpc) is 2.39. The predicted molar refractivity (Wildman–Crippen MR) is 72.3 cm³/mol. The van der Waals surface area contributed by atoms with E-state index in [1.165, 1.54) is 19.1 Å². The van der Waals surface area contributed by atoms with Gasteiger partial charge in [0.25, 0.3) is 0 Å². The third-order valence-corrected chi connectivity index (χ3v) is 3.21. The second-order valence-corrected chi connectivity index (χ2v) is 5.26. The molecule has 1 aliphatic rings. The van der Waals surface area contributed by atoms with Gasteiger partial charge in [0.2, 0.25) is 5.91 Å². The fraction of sp³-hybridized carbons (Fsp3) is 0.571. The van der Waals surface area contributed by atoms with Crippen molar-refractivity contribution in [1.82, 2.24) is 10.2 Å². The number of nitrogens with one attached hydrogen (secondary N) is 1. The lowest BCUT2D eigenvalue weighted by atomic mass is 10.2. The summed E-state index contributed by atoms with van der Waals surface area (Å²) in [5, 5.41) is 21.0. The zero-order chi connectivity index (χ0) is 14.6.